The van der Waals surface area contributed by atoms with Crippen molar-refractivity contribution in [2.45, 2.75) is 19.3 Å². The minimum Gasteiger partial charge on any atom is -0.309 e. The summed E-state index contributed by atoms with van der Waals surface area (Å²) in [6, 6.07) is 95.7. The molecule has 15 aromatic carbocycles. The standard InChI is InChI=1S/C75H48N2S/c1-75(2)58-35-15-16-36-63(58)77(64-44-66-57(43-59(64)75)50-30-14-17-38-65(50)78-66)62-42-40-56-70-52(62)32-20-34-54(70)72-68(47-24-8-4-9-25-47)73-55-39-41-61(76(48-27-10-5-11-28-48)60-37-18-26-45-21-12-13-29-49(45)60)51-31-19-33-53(69(51)55)71(73)67(74(56)72)46-22-6-3-7-23-46/h3-44H,1-2H3. The minimum absolute atomic E-state index is 0.226. The van der Waals surface area contributed by atoms with Crippen LogP contribution in [0.1, 0.15) is 25.0 Å². The molecule has 0 amide bonds. The molecule has 0 atom stereocenters. The van der Waals surface area contributed by atoms with E-state index in [-0.39, 0.29) is 5.41 Å². The molecule has 0 saturated carbocycles. The summed E-state index contributed by atoms with van der Waals surface area (Å²) >= 11 is 1.90. The lowest BCUT2D eigenvalue weighted by Crippen LogP contribution is -2.30. The minimum atomic E-state index is -0.226. The van der Waals surface area contributed by atoms with Crippen molar-refractivity contribution in [3.8, 4) is 22.3 Å². The molecule has 17 rings (SSSR count). The van der Waals surface area contributed by atoms with Crippen molar-refractivity contribution in [2.75, 3.05) is 9.80 Å². The molecular formula is C75H48N2S. The monoisotopic (exact) mass is 1010 g/mol. The van der Waals surface area contributed by atoms with Crippen LogP contribution < -0.4 is 9.80 Å². The Morgan fingerprint density at radius 1 is 0.321 bits per heavy atom. The lowest BCUT2D eigenvalue weighted by Gasteiger charge is -2.42. The maximum absolute atomic E-state index is 2.59. The van der Waals surface area contributed by atoms with E-state index in [9.17, 15) is 0 Å². The normalized spacial score (nSPS) is 13.3. The largest absolute Gasteiger partial charge is 0.309 e. The van der Waals surface area contributed by atoms with E-state index in [0.29, 0.717) is 0 Å². The van der Waals surface area contributed by atoms with E-state index in [1.165, 1.54) is 146 Å². The summed E-state index contributed by atoms with van der Waals surface area (Å²) < 4.78 is 2.64. The topological polar surface area (TPSA) is 6.48 Å². The van der Waals surface area contributed by atoms with Crippen molar-refractivity contribution in [2.24, 2.45) is 0 Å². The molecule has 78 heavy (non-hydrogen) atoms. The maximum Gasteiger partial charge on any atom is 0.0540 e. The molecular weight excluding hydrogens is 961 g/mol. The van der Waals surface area contributed by atoms with Gasteiger partial charge in [-0.15, -0.1) is 11.3 Å². The fourth-order valence-corrected chi connectivity index (χ4v) is 15.3. The second-order valence-corrected chi connectivity index (χ2v) is 22.9. The Morgan fingerprint density at radius 2 is 0.833 bits per heavy atom. The van der Waals surface area contributed by atoms with Gasteiger partial charge in [0.2, 0.25) is 0 Å². The van der Waals surface area contributed by atoms with Crippen LogP contribution in [0.15, 0.2) is 255 Å². The van der Waals surface area contributed by atoms with Gasteiger partial charge in [-0.25, -0.2) is 0 Å². The van der Waals surface area contributed by atoms with Crippen molar-refractivity contribution >= 4 is 141 Å². The summed E-state index contributed by atoms with van der Waals surface area (Å²) in [4.78, 5) is 5.07. The first-order chi connectivity index (χ1) is 38.5. The van der Waals surface area contributed by atoms with E-state index >= 15 is 0 Å². The van der Waals surface area contributed by atoms with E-state index in [2.05, 4.69) is 278 Å². The third-order valence-corrected chi connectivity index (χ3v) is 18.6. The van der Waals surface area contributed by atoms with Crippen LogP contribution in [-0.2, 0) is 5.41 Å². The van der Waals surface area contributed by atoms with Gasteiger partial charge in [0.05, 0.1) is 28.4 Å². The Kier molecular flexibility index (Phi) is 9.09. The SMILES string of the molecule is CC1(C)c2ccccc2N(c2ccc3c4c(-c5ccccc5)c5c6cccc7c(N(c8ccccc8)c8cccc9ccccc89)ccc(c5c(-c5ccccc5)c4c4cccc2c34)c76)c2cc3sc4ccccc4c3cc21. The fraction of sp³-hybridized carbons (Fsp3) is 0.0400. The summed E-state index contributed by atoms with van der Waals surface area (Å²) in [5.74, 6) is 0. The summed E-state index contributed by atoms with van der Waals surface area (Å²) in [6.45, 7) is 4.82. The van der Waals surface area contributed by atoms with Gasteiger partial charge in [0.25, 0.3) is 0 Å². The van der Waals surface area contributed by atoms with Crippen LogP contribution >= 0.6 is 11.3 Å². The predicted molar refractivity (Wildman–Crippen MR) is 337 cm³/mol. The summed E-state index contributed by atoms with van der Waals surface area (Å²) in [5, 5.41) is 20.4. The third-order valence-electron chi connectivity index (χ3n) is 17.5. The van der Waals surface area contributed by atoms with Gasteiger partial charge in [-0.3, -0.25) is 0 Å². The van der Waals surface area contributed by atoms with Gasteiger partial charge in [0.1, 0.15) is 0 Å². The molecule has 2 heterocycles. The Labute approximate surface area is 455 Å². The Morgan fingerprint density at radius 3 is 1.55 bits per heavy atom. The number of rotatable bonds is 6. The number of benzene rings is 13. The molecule has 1 aliphatic rings. The molecule has 0 spiro atoms. The molecule has 364 valence electrons. The molecule has 0 radical (unpaired) electrons. The van der Waals surface area contributed by atoms with E-state index in [1.54, 1.807) is 0 Å². The van der Waals surface area contributed by atoms with Crippen LogP contribution in [0, 0.1) is 0 Å². The molecule has 3 heteroatoms. The fourth-order valence-electron chi connectivity index (χ4n) is 14.2. The zero-order valence-corrected chi connectivity index (χ0v) is 43.9. The number of thiophene rings is 1. The van der Waals surface area contributed by atoms with Gasteiger partial charge in [0.15, 0.2) is 0 Å². The Bertz CT molecular complexity index is 5010. The van der Waals surface area contributed by atoms with E-state index in [4.69, 9.17) is 0 Å². The van der Waals surface area contributed by atoms with Crippen molar-refractivity contribution in [3.05, 3.63) is 266 Å². The summed E-state index contributed by atoms with van der Waals surface area (Å²) in [5.41, 5.74) is 14.6. The lowest BCUT2D eigenvalue weighted by atomic mass is 9.73. The first kappa shape index (κ1) is 43.7. The zero-order valence-electron chi connectivity index (χ0n) is 43.1. The molecule has 0 N–H and O–H groups in total. The second-order valence-electron chi connectivity index (χ2n) is 21.8. The number of anilines is 6. The zero-order chi connectivity index (χ0) is 51.4. The highest BCUT2D eigenvalue weighted by molar-refractivity contribution is 7.25. The maximum atomic E-state index is 2.59. The first-order valence-electron chi connectivity index (χ1n) is 27.2. The number of para-hydroxylation sites is 2. The number of fused-ring (bicyclic) bond motifs is 12. The van der Waals surface area contributed by atoms with Crippen LogP contribution in [0.3, 0.4) is 0 Å². The van der Waals surface area contributed by atoms with Crippen molar-refractivity contribution in [3.63, 3.8) is 0 Å². The van der Waals surface area contributed by atoms with Crippen LogP contribution in [0.4, 0.5) is 34.1 Å². The smallest absolute Gasteiger partial charge is 0.0540 e. The average molecular weight is 1010 g/mol. The molecule has 0 bridgehead atoms. The van der Waals surface area contributed by atoms with Crippen LogP contribution in [0.25, 0.3) is 118 Å². The molecule has 1 aliphatic heterocycles. The van der Waals surface area contributed by atoms with E-state index in [1.807, 2.05) is 11.3 Å². The highest BCUT2D eigenvalue weighted by atomic mass is 32.1. The van der Waals surface area contributed by atoms with Crippen LogP contribution in [0.5, 0.6) is 0 Å². The van der Waals surface area contributed by atoms with Gasteiger partial charge in [-0.1, -0.05) is 214 Å². The average Bonchev–Trinajstić information content (AvgIpc) is 4.34. The van der Waals surface area contributed by atoms with Crippen molar-refractivity contribution < 1.29 is 0 Å². The molecule has 2 nitrogen and oxygen atoms in total. The molecule has 0 unspecified atom stereocenters. The number of nitrogens with zero attached hydrogens (tertiary/aromatic N) is 2. The van der Waals surface area contributed by atoms with Crippen LogP contribution in [-0.4, -0.2) is 0 Å². The summed E-state index contributed by atoms with van der Waals surface area (Å²) in [7, 11) is 0. The van der Waals surface area contributed by atoms with E-state index < -0.39 is 0 Å². The molecule has 16 aromatic rings. The Balaban J connectivity index is 1.00. The lowest BCUT2D eigenvalue weighted by molar-refractivity contribution is 0.633. The molecule has 0 aliphatic carbocycles. The molecule has 0 saturated heterocycles. The predicted octanol–water partition coefficient (Wildman–Crippen LogP) is 21.9. The van der Waals surface area contributed by atoms with Gasteiger partial charge in [0, 0.05) is 47.4 Å². The van der Waals surface area contributed by atoms with Crippen molar-refractivity contribution in [1.29, 1.82) is 0 Å². The molecule has 0 fully saturated rings. The third kappa shape index (κ3) is 5.91. The summed E-state index contributed by atoms with van der Waals surface area (Å²) in [6.07, 6.45) is 0. The highest BCUT2D eigenvalue weighted by Gasteiger charge is 2.39. The van der Waals surface area contributed by atoms with Gasteiger partial charge in [-0.05, 0) is 147 Å². The number of hydrogen-bond acceptors (Lipinski definition) is 3. The highest BCUT2D eigenvalue weighted by Crippen LogP contribution is 2.60. The quantitative estimate of drug-likeness (QED) is 0.164. The second kappa shape index (κ2) is 16.2. The van der Waals surface area contributed by atoms with Gasteiger partial charge in [-0.2, -0.15) is 0 Å². The van der Waals surface area contributed by atoms with E-state index in [0.717, 1.165) is 17.1 Å². The van der Waals surface area contributed by atoms with Gasteiger partial charge >= 0.3 is 0 Å². The molecule has 1 aromatic heterocycles. The Hall–Kier alpha value is -9.54. The van der Waals surface area contributed by atoms with Crippen molar-refractivity contribution in [1.82, 2.24) is 0 Å². The first-order valence-corrected chi connectivity index (χ1v) is 28.0. The van der Waals surface area contributed by atoms with Gasteiger partial charge < -0.3 is 9.80 Å². The number of hydrogen-bond donors (Lipinski definition) is 0. The van der Waals surface area contributed by atoms with Crippen LogP contribution in [0.2, 0.25) is 0 Å².